The molecule has 9 heteroatoms. The number of aromatic amines is 1. The molecule has 0 radical (unpaired) electrons. The van der Waals surface area contributed by atoms with E-state index in [1.165, 1.54) is 17.0 Å². The lowest BCUT2D eigenvalue weighted by atomic mass is 9.99. The number of carbonyl (C=O) groups is 2. The summed E-state index contributed by atoms with van der Waals surface area (Å²) in [5, 5.41) is 22.8. The second kappa shape index (κ2) is 9.38. The van der Waals surface area contributed by atoms with Crippen molar-refractivity contribution < 1.29 is 19.6 Å². The molecule has 0 spiro atoms. The zero-order valence-corrected chi connectivity index (χ0v) is 20.4. The zero-order valence-electron chi connectivity index (χ0n) is 20.4. The van der Waals surface area contributed by atoms with Gasteiger partial charge in [-0.2, -0.15) is 0 Å². The van der Waals surface area contributed by atoms with E-state index in [0.29, 0.717) is 44.6 Å². The summed E-state index contributed by atoms with van der Waals surface area (Å²) in [4.78, 5) is 45.4. The van der Waals surface area contributed by atoms with Crippen molar-refractivity contribution in [2.45, 2.75) is 6.54 Å². The molecule has 2 amide bonds. The van der Waals surface area contributed by atoms with E-state index in [1.807, 2.05) is 30.3 Å². The number of nitrogens with zero attached hydrogens (tertiary/aromatic N) is 3. The van der Waals surface area contributed by atoms with Gasteiger partial charge in [-0.25, -0.2) is 4.99 Å². The Morgan fingerprint density at radius 1 is 0.872 bits per heavy atom. The van der Waals surface area contributed by atoms with Crippen molar-refractivity contribution in [3.8, 4) is 5.88 Å². The topological polar surface area (TPSA) is 129 Å². The molecule has 5 aromatic rings. The molecule has 9 nitrogen and oxygen atoms in total. The second-order valence-electron chi connectivity index (χ2n) is 9.07. The Kier molecular flexibility index (Phi) is 5.73. The number of nitro benzene ring substituents is 1. The fraction of sp³-hybridized carbons (Fsp3) is 0.0333. The third-order valence-corrected chi connectivity index (χ3v) is 6.65. The van der Waals surface area contributed by atoms with Crippen molar-refractivity contribution in [3.05, 3.63) is 135 Å². The summed E-state index contributed by atoms with van der Waals surface area (Å²) in [6.45, 7) is 0.0995. The Labute approximate surface area is 221 Å². The van der Waals surface area contributed by atoms with E-state index in [-0.39, 0.29) is 29.9 Å². The van der Waals surface area contributed by atoms with Crippen LogP contribution in [0, 0.1) is 10.1 Å². The third kappa shape index (κ3) is 4.21. The van der Waals surface area contributed by atoms with E-state index in [9.17, 15) is 24.8 Å². The van der Waals surface area contributed by atoms with Crippen LogP contribution in [0.1, 0.15) is 37.4 Å². The number of aromatic hydroxyl groups is 1. The molecule has 4 aromatic carbocycles. The first-order chi connectivity index (χ1) is 18.9. The van der Waals surface area contributed by atoms with Crippen molar-refractivity contribution in [2.24, 2.45) is 4.99 Å². The number of rotatable bonds is 6. The van der Waals surface area contributed by atoms with Gasteiger partial charge in [0.25, 0.3) is 17.5 Å². The Morgan fingerprint density at radius 2 is 1.51 bits per heavy atom. The lowest BCUT2D eigenvalue weighted by Gasteiger charge is -2.14. The normalized spacial score (nSPS) is 13.2. The average molecular weight is 517 g/mol. The minimum absolute atomic E-state index is 0.0995. The van der Waals surface area contributed by atoms with Crippen LogP contribution in [0.3, 0.4) is 0 Å². The van der Waals surface area contributed by atoms with Crippen LogP contribution < -0.4 is 0 Å². The van der Waals surface area contributed by atoms with Gasteiger partial charge in [-0.1, -0.05) is 54.6 Å². The minimum atomic E-state index is -0.491. The zero-order chi connectivity index (χ0) is 27.1. The number of non-ortho nitro benzene ring substituents is 1. The largest absolute Gasteiger partial charge is 0.494 e. The molecular weight excluding hydrogens is 496 g/mol. The Bertz CT molecular complexity index is 1770. The number of hydrogen-bond donors (Lipinski definition) is 2. The molecule has 1 aliphatic heterocycles. The molecule has 0 bridgehead atoms. The van der Waals surface area contributed by atoms with E-state index < -0.39 is 4.92 Å². The number of fused-ring (bicyclic) bond motifs is 2. The van der Waals surface area contributed by atoms with Gasteiger partial charge in [-0.05, 0) is 35.9 Å². The molecular formula is C30H20N4O5. The quantitative estimate of drug-likeness (QED) is 0.129. The highest BCUT2D eigenvalue weighted by Crippen LogP contribution is 2.34. The fourth-order valence-corrected chi connectivity index (χ4v) is 4.75. The Morgan fingerprint density at radius 3 is 2.15 bits per heavy atom. The van der Waals surface area contributed by atoms with E-state index >= 15 is 0 Å². The van der Waals surface area contributed by atoms with Gasteiger partial charge in [0.05, 0.1) is 39.6 Å². The van der Waals surface area contributed by atoms with Crippen molar-refractivity contribution in [3.63, 3.8) is 0 Å². The summed E-state index contributed by atoms with van der Waals surface area (Å²) in [6, 6.07) is 27.3. The minimum Gasteiger partial charge on any atom is -0.494 e. The van der Waals surface area contributed by atoms with Gasteiger partial charge in [-0.3, -0.25) is 24.6 Å². The van der Waals surface area contributed by atoms with Crippen LogP contribution in [0.15, 0.2) is 102 Å². The van der Waals surface area contributed by atoms with Crippen molar-refractivity contribution in [1.82, 2.24) is 9.88 Å². The number of para-hydroxylation sites is 1. The molecule has 190 valence electrons. The number of carbonyl (C=O) groups excluding carboxylic acids is 2. The molecule has 39 heavy (non-hydrogen) atoms. The molecule has 0 saturated carbocycles. The predicted octanol–water partition coefficient (Wildman–Crippen LogP) is 5.75. The first-order valence-corrected chi connectivity index (χ1v) is 12.1. The van der Waals surface area contributed by atoms with Gasteiger partial charge in [0.2, 0.25) is 0 Å². The number of amides is 2. The number of H-pyrrole nitrogens is 1. The van der Waals surface area contributed by atoms with Crippen LogP contribution in [0.25, 0.3) is 10.9 Å². The second-order valence-corrected chi connectivity index (χ2v) is 9.07. The summed E-state index contributed by atoms with van der Waals surface area (Å²) in [6.07, 6.45) is 0. The maximum atomic E-state index is 12.8. The summed E-state index contributed by atoms with van der Waals surface area (Å²) < 4.78 is 0. The first kappa shape index (κ1) is 23.8. The Hall–Kier alpha value is -5.57. The van der Waals surface area contributed by atoms with Crippen molar-refractivity contribution >= 4 is 39.8 Å². The number of aliphatic imine (C=N–C) groups is 1. The molecule has 2 N–H and O–H groups in total. The van der Waals surface area contributed by atoms with Crippen LogP contribution in [0.2, 0.25) is 0 Å². The van der Waals surface area contributed by atoms with E-state index in [2.05, 4.69) is 4.98 Å². The highest BCUT2D eigenvalue weighted by molar-refractivity contribution is 6.22. The molecule has 0 fully saturated rings. The summed E-state index contributed by atoms with van der Waals surface area (Å²) in [5.41, 5.74) is 3.90. The van der Waals surface area contributed by atoms with E-state index in [0.717, 1.165) is 5.56 Å². The fourth-order valence-electron chi connectivity index (χ4n) is 4.75. The molecule has 0 saturated heterocycles. The van der Waals surface area contributed by atoms with Gasteiger partial charge in [0.1, 0.15) is 0 Å². The maximum Gasteiger partial charge on any atom is 0.270 e. The number of hydrogen-bond acceptors (Lipinski definition) is 6. The van der Waals surface area contributed by atoms with Crippen LogP contribution >= 0.6 is 0 Å². The molecule has 6 rings (SSSR count). The molecule has 0 atom stereocenters. The van der Waals surface area contributed by atoms with Crippen LogP contribution in [0.5, 0.6) is 5.88 Å². The summed E-state index contributed by atoms with van der Waals surface area (Å²) >= 11 is 0. The highest BCUT2D eigenvalue weighted by atomic mass is 16.6. The number of nitrogens with one attached hydrogen (secondary N) is 1. The lowest BCUT2D eigenvalue weighted by Crippen LogP contribution is -2.29. The number of benzene rings is 4. The van der Waals surface area contributed by atoms with E-state index in [4.69, 9.17) is 4.99 Å². The van der Waals surface area contributed by atoms with Gasteiger partial charge in [0.15, 0.2) is 5.88 Å². The first-order valence-electron chi connectivity index (χ1n) is 12.1. The third-order valence-electron chi connectivity index (χ3n) is 6.65. The van der Waals surface area contributed by atoms with Crippen molar-refractivity contribution in [2.75, 3.05) is 0 Å². The highest BCUT2D eigenvalue weighted by Gasteiger charge is 2.35. The maximum absolute atomic E-state index is 12.8. The smallest absolute Gasteiger partial charge is 0.270 e. The average Bonchev–Trinajstić information content (AvgIpc) is 3.41. The van der Waals surface area contributed by atoms with Gasteiger partial charge < -0.3 is 10.1 Å². The number of nitro groups is 1. The monoisotopic (exact) mass is 516 g/mol. The van der Waals surface area contributed by atoms with Gasteiger partial charge in [0, 0.05) is 28.6 Å². The van der Waals surface area contributed by atoms with Gasteiger partial charge in [-0.15, -0.1) is 0 Å². The Balaban J connectivity index is 1.40. The molecule has 0 unspecified atom stereocenters. The molecule has 2 heterocycles. The predicted molar refractivity (Wildman–Crippen MR) is 145 cm³/mol. The molecule has 1 aromatic heterocycles. The van der Waals surface area contributed by atoms with Crippen LogP contribution in [-0.4, -0.2) is 37.4 Å². The standard InChI is InChI=1S/C30H20N4O5/c35-28-26(24-16-21(34(38)39)14-15-25(24)32-28)27(31-20-6-2-1-3-7-20)19-12-10-18(11-13-19)17-33-29(36)22-8-4-5-9-23(22)30(33)37/h1-16,32,35H,17H2. The molecule has 0 aliphatic carbocycles. The summed E-state index contributed by atoms with van der Waals surface area (Å²) in [7, 11) is 0. The van der Waals surface area contributed by atoms with E-state index in [1.54, 1.807) is 54.6 Å². The van der Waals surface area contributed by atoms with Crippen LogP contribution in [0.4, 0.5) is 11.4 Å². The molecule has 1 aliphatic rings. The van der Waals surface area contributed by atoms with Crippen LogP contribution in [-0.2, 0) is 6.54 Å². The summed E-state index contributed by atoms with van der Waals surface area (Å²) in [5.74, 6) is -0.845. The van der Waals surface area contributed by atoms with Gasteiger partial charge >= 0.3 is 0 Å². The SMILES string of the molecule is O=C1c2ccccc2C(=O)N1Cc1ccc(C(=Nc2ccccc2)c2c(O)[nH]c3ccc([N+](=O)[O-])cc23)cc1. The number of aromatic nitrogens is 1. The van der Waals surface area contributed by atoms with Crippen molar-refractivity contribution in [1.29, 1.82) is 0 Å². The number of imide groups is 1. The lowest BCUT2D eigenvalue weighted by molar-refractivity contribution is -0.384.